The molecule has 0 radical (unpaired) electrons. The number of methoxy groups -OCH3 is 2. The van der Waals surface area contributed by atoms with E-state index in [1.807, 2.05) is 4.90 Å². The van der Waals surface area contributed by atoms with Gasteiger partial charge in [-0.1, -0.05) is 11.6 Å². The van der Waals surface area contributed by atoms with Crippen molar-refractivity contribution in [3.63, 3.8) is 0 Å². The van der Waals surface area contributed by atoms with Crippen molar-refractivity contribution in [1.82, 2.24) is 34.4 Å². The summed E-state index contributed by atoms with van der Waals surface area (Å²) in [4.78, 5) is 30.6. The Morgan fingerprint density at radius 1 is 1.05 bits per heavy atom. The molecule has 2 unspecified atom stereocenters. The van der Waals surface area contributed by atoms with E-state index >= 15 is 0 Å². The summed E-state index contributed by atoms with van der Waals surface area (Å²) in [5.41, 5.74) is 5.48. The van der Waals surface area contributed by atoms with Gasteiger partial charge < -0.3 is 29.9 Å². The standard InChI is InChI=1S/C30H35ClF4N8O3.C7H12FN/c1-40-13-29(14-40)15-42(16-29)27(44)25-23(31)22-11-41(9-4-10-43(22)39-25)26-18(12-45-2)21(37-28(38-26)46-3)8-5-17-19(30(33,34)35)6-7-20(36)24(17)32;8-6-4-7-2-1-3-9(7)5-6/h6-7H,4-5,8-16,36H2,1-3H3;6-7H,1-5H2. The Hall–Kier alpha value is -3.80. The van der Waals surface area contributed by atoms with Gasteiger partial charge in [0.25, 0.3) is 5.91 Å². The number of ether oxygens (including phenoxy) is 2. The van der Waals surface area contributed by atoms with Crippen LogP contribution >= 0.6 is 11.6 Å². The molecular weight excluding hydrogens is 749 g/mol. The molecule has 18 heteroatoms. The Labute approximate surface area is 321 Å². The maximum atomic E-state index is 14.9. The van der Waals surface area contributed by atoms with E-state index in [0.29, 0.717) is 68.0 Å². The molecule has 300 valence electrons. The number of rotatable bonds is 8. The molecule has 0 saturated carbocycles. The second-order valence-electron chi connectivity index (χ2n) is 15.4. The van der Waals surface area contributed by atoms with Crippen molar-refractivity contribution in [3.8, 4) is 6.01 Å². The topological polar surface area (TPSA) is 118 Å². The highest BCUT2D eigenvalue weighted by atomic mass is 35.5. The van der Waals surface area contributed by atoms with E-state index in [0.717, 1.165) is 38.2 Å². The highest BCUT2D eigenvalue weighted by molar-refractivity contribution is 6.34. The molecule has 0 bridgehead atoms. The van der Waals surface area contributed by atoms with Crippen molar-refractivity contribution < 1.29 is 36.2 Å². The summed E-state index contributed by atoms with van der Waals surface area (Å²) in [7, 11) is 4.92. The number of nitrogens with two attached hydrogens (primary N) is 1. The minimum Gasteiger partial charge on any atom is -0.467 e. The van der Waals surface area contributed by atoms with Gasteiger partial charge in [0, 0.05) is 75.5 Å². The molecule has 4 fully saturated rings. The monoisotopic (exact) mass is 795 g/mol. The number of carbonyl (C=O) groups excluding carboxylic acids is 1. The number of likely N-dealkylation sites (tertiary alicyclic amines) is 2. The van der Waals surface area contributed by atoms with Crippen LogP contribution in [0.5, 0.6) is 6.01 Å². The van der Waals surface area contributed by atoms with Crippen LogP contribution in [0, 0.1) is 11.2 Å². The largest absolute Gasteiger partial charge is 0.467 e. The van der Waals surface area contributed by atoms with Crippen molar-refractivity contribution in [3.05, 3.63) is 56.7 Å². The minimum atomic E-state index is -4.77. The highest BCUT2D eigenvalue weighted by Crippen LogP contribution is 2.41. The molecule has 3 aromatic rings. The lowest BCUT2D eigenvalue weighted by atomic mass is 9.73. The molecule has 0 aliphatic carbocycles. The fraction of sp³-hybridized carbons (Fsp3) is 0.622. The first-order chi connectivity index (χ1) is 26.2. The third-order valence-corrected chi connectivity index (χ3v) is 11.8. The van der Waals surface area contributed by atoms with E-state index in [1.54, 1.807) is 9.58 Å². The molecule has 2 aromatic heterocycles. The number of fused-ring (bicyclic) bond motifs is 2. The Balaban J connectivity index is 0.000000449. The normalized spacial score (nSPS) is 22.1. The number of hydrogen-bond acceptors (Lipinski definition) is 10. The first-order valence-electron chi connectivity index (χ1n) is 18.6. The zero-order valence-electron chi connectivity index (χ0n) is 31.3. The number of halogens is 6. The van der Waals surface area contributed by atoms with Gasteiger partial charge in [-0.2, -0.15) is 28.2 Å². The highest BCUT2D eigenvalue weighted by Gasteiger charge is 2.52. The van der Waals surface area contributed by atoms with E-state index in [-0.39, 0.29) is 59.7 Å². The van der Waals surface area contributed by atoms with Crippen LogP contribution in [-0.2, 0) is 43.5 Å². The molecule has 7 heterocycles. The Morgan fingerprint density at radius 2 is 1.82 bits per heavy atom. The predicted octanol–water partition coefficient (Wildman–Crippen LogP) is 5.00. The summed E-state index contributed by atoms with van der Waals surface area (Å²) in [5.74, 6) is -0.876. The van der Waals surface area contributed by atoms with Crippen LogP contribution in [0.1, 0.15) is 64.2 Å². The van der Waals surface area contributed by atoms with Crippen molar-refractivity contribution >= 4 is 29.0 Å². The summed E-state index contributed by atoms with van der Waals surface area (Å²) < 4.78 is 81.4. The third-order valence-electron chi connectivity index (χ3n) is 11.4. The predicted molar refractivity (Wildman–Crippen MR) is 195 cm³/mol. The van der Waals surface area contributed by atoms with E-state index < -0.39 is 29.3 Å². The number of benzene rings is 1. The van der Waals surface area contributed by atoms with Gasteiger partial charge in [0.15, 0.2) is 5.69 Å². The number of aryl methyl sites for hydroxylation is 2. The minimum absolute atomic E-state index is 0.0120. The van der Waals surface area contributed by atoms with Gasteiger partial charge in [0.1, 0.15) is 17.8 Å². The maximum Gasteiger partial charge on any atom is 0.416 e. The molecule has 55 heavy (non-hydrogen) atoms. The number of nitrogen functional groups attached to an aromatic ring is 1. The van der Waals surface area contributed by atoms with Crippen molar-refractivity contribution in [2.75, 3.05) is 77.7 Å². The van der Waals surface area contributed by atoms with E-state index in [2.05, 4.69) is 31.9 Å². The first kappa shape index (κ1) is 39.4. The lowest BCUT2D eigenvalue weighted by Crippen LogP contribution is -2.72. The molecule has 2 atom stereocenters. The SMILES string of the molecule is COCc1c(CCc2c(C(F)(F)F)ccc(N)c2F)nc(OC)nc1N1CCCn2nc(C(=O)N3CC4(CN(C)C4)C3)c(Cl)c2C1.FC1CC2CCCN2C1. The maximum absolute atomic E-state index is 14.9. The molecule has 1 aromatic carbocycles. The number of carbonyl (C=O) groups is 1. The number of alkyl halides is 4. The Kier molecular flexibility index (Phi) is 11.2. The number of anilines is 2. The van der Waals surface area contributed by atoms with Gasteiger partial charge in [-0.15, -0.1) is 0 Å². The average molecular weight is 796 g/mol. The van der Waals surface area contributed by atoms with Crippen molar-refractivity contribution in [2.24, 2.45) is 5.41 Å². The number of aromatic nitrogens is 4. The number of hydrogen-bond donors (Lipinski definition) is 1. The van der Waals surface area contributed by atoms with Gasteiger partial charge in [0.2, 0.25) is 0 Å². The summed E-state index contributed by atoms with van der Waals surface area (Å²) in [6.45, 7) is 6.43. The van der Waals surface area contributed by atoms with Gasteiger partial charge in [-0.05, 0) is 64.3 Å². The molecule has 4 saturated heterocycles. The molecule has 5 aliphatic heterocycles. The number of amides is 1. The van der Waals surface area contributed by atoms with Crippen LogP contribution in [0.25, 0.3) is 0 Å². The van der Waals surface area contributed by atoms with Crippen LogP contribution in [0.15, 0.2) is 12.1 Å². The van der Waals surface area contributed by atoms with Gasteiger partial charge >= 0.3 is 12.2 Å². The second-order valence-corrected chi connectivity index (χ2v) is 15.8. The van der Waals surface area contributed by atoms with Gasteiger partial charge in [-0.3, -0.25) is 14.4 Å². The molecule has 1 amide bonds. The molecule has 1 spiro atoms. The molecule has 12 nitrogen and oxygen atoms in total. The summed E-state index contributed by atoms with van der Waals surface area (Å²) in [5, 5.41) is 4.87. The Bertz CT molecular complexity index is 1890. The van der Waals surface area contributed by atoms with Gasteiger partial charge in [0.05, 0.1) is 47.9 Å². The van der Waals surface area contributed by atoms with E-state index in [4.69, 9.17) is 26.8 Å². The zero-order chi connectivity index (χ0) is 39.2. The van der Waals surface area contributed by atoms with Crippen LogP contribution in [0.2, 0.25) is 5.02 Å². The molecule has 2 N–H and O–H groups in total. The van der Waals surface area contributed by atoms with E-state index in [9.17, 15) is 26.7 Å². The quantitative estimate of drug-likeness (QED) is 0.247. The van der Waals surface area contributed by atoms with E-state index in [1.165, 1.54) is 27.1 Å². The number of nitrogens with zero attached hydrogens (tertiary/aromatic N) is 8. The smallest absolute Gasteiger partial charge is 0.416 e. The summed E-state index contributed by atoms with van der Waals surface area (Å²) >= 11 is 6.83. The van der Waals surface area contributed by atoms with Crippen LogP contribution in [-0.4, -0.2) is 120 Å². The molecule has 5 aliphatic rings. The lowest BCUT2D eigenvalue weighted by molar-refractivity contribution is -0.138. The first-order valence-corrected chi connectivity index (χ1v) is 19.0. The van der Waals surface area contributed by atoms with Crippen molar-refractivity contribution in [2.45, 2.75) is 76.6 Å². The van der Waals surface area contributed by atoms with Crippen LogP contribution < -0.4 is 15.4 Å². The average Bonchev–Trinajstić information content (AvgIpc) is 3.73. The Morgan fingerprint density at radius 3 is 2.49 bits per heavy atom. The molecule has 8 rings (SSSR count). The lowest BCUT2D eigenvalue weighted by Gasteiger charge is -2.59. The van der Waals surface area contributed by atoms with Crippen LogP contribution in [0.3, 0.4) is 0 Å². The summed E-state index contributed by atoms with van der Waals surface area (Å²) in [6.07, 6.45) is -1.73. The van der Waals surface area contributed by atoms with Crippen LogP contribution in [0.4, 0.5) is 33.5 Å². The fourth-order valence-electron chi connectivity index (χ4n) is 8.92. The summed E-state index contributed by atoms with van der Waals surface area (Å²) in [6, 6.07) is 2.29. The van der Waals surface area contributed by atoms with Gasteiger partial charge in [-0.25, -0.2) is 8.78 Å². The molecular formula is C37H47ClF5N9O3. The second kappa shape index (κ2) is 15.6. The fourth-order valence-corrected chi connectivity index (χ4v) is 9.20. The zero-order valence-corrected chi connectivity index (χ0v) is 32.0. The van der Waals surface area contributed by atoms with Crippen molar-refractivity contribution in [1.29, 1.82) is 0 Å². The third kappa shape index (κ3) is 7.94.